The van der Waals surface area contributed by atoms with Crippen LogP contribution in [0.15, 0.2) is 36.4 Å². The summed E-state index contributed by atoms with van der Waals surface area (Å²) in [5.41, 5.74) is 2.04. The molecule has 0 radical (unpaired) electrons. The number of aryl methyl sites for hydroxylation is 1. The summed E-state index contributed by atoms with van der Waals surface area (Å²) in [5.74, 6) is 0.887. The lowest BCUT2D eigenvalue weighted by molar-refractivity contribution is -0.121. The molecule has 1 N–H and O–H groups in total. The zero-order chi connectivity index (χ0) is 15.5. The van der Waals surface area contributed by atoms with Crippen LogP contribution < -0.4 is 10.1 Å². The summed E-state index contributed by atoms with van der Waals surface area (Å²) < 4.78 is 10.9. The molecule has 4 heteroatoms. The van der Waals surface area contributed by atoms with Crippen molar-refractivity contribution < 1.29 is 14.3 Å². The van der Waals surface area contributed by atoms with Gasteiger partial charge in [0.05, 0.1) is 19.8 Å². The minimum atomic E-state index is 0.0280. The van der Waals surface area contributed by atoms with Crippen LogP contribution in [0.3, 0.4) is 0 Å². The van der Waals surface area contributed by atoms with Crippen molar-refractivity contribution in [2.45, 2.75) is 26.7 Å². The topological polar surface area (TPSA) is 47.6 Å². The predicted octanol–water partition coefficient (Wildman–Crippen LogP) is 2.73. The van der Waals surface area contributed by atoms with Gasteiger partial charge in [-0.05, 0) is 31.9 Å². The van der Waals surface area contributed by atoms with E-state index in [9.17, 15) is 4.79 Å². The Labute approximate surface area is 127 Å². The van der Waals surface area contributed by atoms with Crippen LogP contribution in [0, 0.1) is 0 Å². The Kier molecular flexibility index (Phi) is 8.21. The van der Waals surface area contributed by atoms with E-state index >= 15 is 0 Å². The molecule has 1 amide bonds. The Bertz CT molecular complexity index is 457. The van der Waals surface area contributed by atoms with Crippen LogP contribution >= 0.6 is 0 Å². The van der Waals surface area contributed by atoms with Gasteiger partial charge >= 0.3 is 0 Å². The molecule has 0 spiro atoms. The first-order valence-electron chi connectivity index (χ1n) is 7.33. The highest BCUT2D eigenvalue weighted by Crippen LogP contribution is 2.19. The average molecular weight is 291 g/mol. The lowest BCUT2D eigenvalue weighted by Crippen LogP contribution is -2.27. The average Bonchev–Trinajstić information content (AvgIpc) is 2.46. The third kappa shape index (κ3) is 7.51. The van der Waals surface area contributed by atoms with E-state index in [0.29, 0.717) is 39.2 Å². The molecule has 0 atom stereocenters. The SMILES string of the molecule is C=C(C)COCCNC(=O)CCc1ccccc1OCC. The van der Waals surface area contributed by atoms with Crippen molar-refractivity contribution >= 4 is 5.91 Å². The molecule has 0 aliphatic carbocycles. The zero-order valence-corrected chi connectivity index (χ0v) is 13.0. The number of para-hydroxylation sites is 1. The normalized spacial score (nSPS) is 10.2. The number of carbonyl (C=O) groups is 1. The summed E-state index contributed by atoms with van der Waals surface area (Å²) in [5, 5.41) is 2.84. The summed E-state index contributed by atoms with van der Waals surface area (Å²) >= 11 is 0. The number of benzene rings is 1. The highest BCUT2D eigenvalue weighted by Gasteiger charge is 2.06. The van der Waals surface area contributed by atoms with Gasteiger partial charge in [0.2, 0.25) is 5.91 Å². The number of amides is 1. The maximum atomic E-state index is 11.8. The largest absolute Gasteiger partial charge is 0.494 e. The van der Waals surface area contributed by atoms with Crippen molar-refractivity contribution in [3.63, 3.8) is 0 Å². The Morgan fingerprint density at radius 2 is 2.10 bits per heavy atom. The van der Waals surface area contributed by atoms with Gasteiger partial charge in [-0.2, -0.15) is 0 Å². The van der Waals surface area contributed by atoms with E-state index in [1.807, 2.05) is 38.1 Å². The number of nitrogens with one attached hydrogen (secondary N) is 1. The summed E-state index contributed by atoms with van der Waals surface area (Å²) in [6.45, 7) is 9.82. The van der Waals surface area contributed by atoms with Crippen LogP contribution in [0.2, 0.25) is 0 Å². The molecule has 0 aromatic heterocycles. The summed E-state index contributed by atoms with van der Waals surface area (Å²) in [7, 11) is 0. The van der Waals surface area contributed by atoms with Gasteiger partial charge in [0.25, 0.3) is 0 Å². The second-order valence-corrected chi connectivity index (χ2v) is 4.90. The van der Waals surface area contributed by atoms with E-state index < -0.39 is 0 Å². The molecular weight excluding hydrogens is 266 g/mol. The maximum absolute atomic E-state index is 11.8. The van der Waals surface area contributed by atoms with Crippen LogP contribution in [0.5, 0.6) is 5.75 Å². The number of hydrogen-bond acceptors (Lipinski definition) is 3. The summed E-state index contributed by atoms with van der Waals surface area (Å²) in [6, 6.07) is 7.82. The number of carbonyl (C=O) groups excluding carboxylic acids is 1. The lowest BCUT2D eigenvalue weighted by atomic mass is 10.1. The molecule has 0 saturated carbocycles. The van der Waals surface area contributed by atoms with Crippen molar-refractivity contribution in [2.75, 3.05) is 26.4 Å². The molecule has 1 rings (SSSR count). The van der Waals surface area contributed by atoms with Crippen LogP contribution in [0.1, 0.15) is 25.8 Å². The molecular formula is C17H25NO3. The van der Waals surface area contributed by atoms with Gasteiger partial charge in [0, 0.05) is 13.0 Å². The zero-order valence-electron chi connectivity index (χ0n) is 13.0. The van der Waals surface area contributed by atoms with Gasteiger partial charge in [-0.15, -0.1) is 0 Å². The monoisotopic (exact) mass is 291 g/mol. The van der Waals surface area contributed by atoms with E-state index in [1.165, 1.54) is 0 Å². The molecule has 0 unspecified atom stereocenters. The van der Waals surface area contributed by atoms with Crippen molar-refractivity contribution in [1.29, 1.82) is 0 Å². The van der Waals surface area contributed by atoms with Gasteiger partial charge in [-0.1, -0.05) is 30.4 Å². The minimum absolute atomic E-state index is 0.0280. The molecule has 4 nitrogen and oxygen atoms in total. The molecule has 1 aromatic rings. The first-order chi connectivity index (χ1) is 10.1. The van der Waals surface area contributed by atoms with Crippen LogP contribution in [0.4, 0.5) is 0 Å². The second-order valence-electron chi connectivity index (χ2n) is 4.90. The quantitative estimate of drug-likeness (QED) is 0.532. The fourth-order valence-electron chi connectivity index (χ4n) is 1.85. The van der Waals surface area contributed by atoms with Crippen molar-refractivity contribution in [2.24, 2.45) is 0 Å². The van der Waals surface area contributed by atoms with E-state index in [-0.39, 0.29) is 5.91 Å². The second kappa shape index (κ2) is 10.00. The Morgan fingerprint density at radius 1 is 1.33 bits per heavy atom. The summed E-state index contributed by atoms with van der Waals surface area (Å²) in [4.78, 5) is 11.8. The van der Waals surface area contributed by atoms with E-state index in [2.05, 4.69) is 11.9 Å². The molecule has 21 heavy (non-hydrogen) atoms. The van der Waals surface area contributed by atoms with Gasteiger partial charge < -0.3 is 14.8 Å². The number of hydrogen-bond donors (Lipinski definition) is 1. The fourth-order valence-corrected chi connectivity index (χ4v) is 1.85. The molecule has 0 heterocycles. The maximum Gasteiger partial charge on any atom is 0.220 e. The van der Waals surface area contributed by atoms with Crippen molar-refractivity contribution in [1.82, 2.24) is 5.32 Å². The molecule has 0 aliphatic rings. The number of rotatable bonds is 10. The molecule has 0 saturated heterocycles. The first-order valence-corrected chi connectivity index (χ1v) is 7.33. The van der Waals surface area contributed by atoms with Gasteiger partial charge in [0.1, 0.15) is 5.75 Å². The van der Waals surface area contributed by atoms with Gasteiger partial charge in [0.15, 0.2) is 0 Å². The smallest absolute Gasteiger partial charge is 0.220 e. The Hall–Kier alpha value is -1.81. The Morgan fingerprint density at radius 3 is 2.81 bits per heavy atom. The highest BCUT2D eigenvalue weighted by molar-refractivity contribution is 5.76. The minimum Gasteiger partial charge on any atom is -0.494 e. The van der Waals surface area contributed by atoms with E-state index in [1.54, 1.807) is 0 Å². The number of ether oxygens (including phenoxy) is 2. The summed E-state index contributed by atoms with van der Waals surface area (Å²) in [6.07, 6.45) is 1.12. The standard InChI is InChI=1S/C17H25NO3/c1-4-21-16-8-6-5-7-15(16)9-10-17(19)18-11-12-20-13-14(2)3/h5-8H,2,4,9-13H2,1,3H3,(H,18,19). The van der Waals surface area contributed by atoms with Gasteiger partial charge in [-0.3, -0.25) is 4.79 Å². The van der Waals surface area contributed by atoms with Gasteiger partial charge in [-0.25, -0.2) is 0 Å². The molecule has 0 fully saturated rings. The first kappa shape index (κ1) is 17.2. The molecule has 0 aliphatic heterocycles. The molecule has 116 valence electrons. The van der Waals surface area contributed by atoms with E-state index in [0.717, 1.165) is 16.9 Å². The fraction of sp³-hybridized carbons (Fsp3) is 0.471. The Balaban J connectivity index is 2.25. The van der Waals surface area contributed by atoms with Crippen molar-refractivity contribution in [3.05, 3.63) is 42.0 Å². The van der Waals surface area contributed by atoms with E-state index in [4.69, 9.17) is 9.47 Å². The highest BCUT2D eigenvalue weighted by atomic mass is 16.5. The van der Waals surface area contributed by atoms with Crippen LogP contribution in [-0.4, -0.2) is 32.3 Å². The van der Waals surface area contributed by atoms with Crippen molar-refractivity contribution in [3.8, 4) is 5.75 Å². The molecule has 1 aromatic carbocycles. The van der Waals surface area contributed by atoms with Crippen LogP contribution in [-0.2, 0) is 16.0 Å². The third-order valence-corrected chi connectivity index (χ3v) is 2.81. The molecule has 0 bridgehead atoms. The van der Waals surface area contributed by atoms with Crippen LogP contribution in [0.25, 0.3) is 0 Å². The lowest BCUT2D eigenvalue weighted by Gasteiger charge is -2.10. The predicted molar refractivity (Wildman–Crippen MR) is 84.6 cm³/mol. The third-order valence-electron chi connectivity index (χ3n) is 2.81.